The fourth-order valence-corrected chi connectivity index (χ4v) is 1.29. The van der Waals surface area contributed by atoms with Gasteiger partial charge in [0.05, 0.1) is 0 Å². The average molecular weight is 179 g/mol. The van der Waals surface area contributed by atoms with E-state index in [9.17, 15) is 5.11 Å². The lowest BCUT2D eigenvalue weighted by Crippen LogP contribution is -2.21. The van der Waals surface area contributed by atoms with Gasteiger partial charge in [0.15, 0.2) is 0 Å². The number of hydrogen-bond acceptors (Lipinski definition) is 2. The Morgan fingerprint density at radius 3 is 2.69 bits per heavy atom. The Bertz CT molecular complexity index is 283. The van der Waals surface area contributed by atoms with Crippen LogP contribution in [-0.2, 0) is 6.42 Å². The lowest BCUT2D eigenvalue weighted by molar-refractivity contribution is 0.470. The van der Waals surface area contributed by atoms with Crippen molar-refractivity contribution in [2.75, 3.05) is 0 Å². The van der Waals surface area contributed by atoms with E-state index in [2.05, 4.69) is 6.92 Å². The van der Waals surface area contributed by atoms with E-state index in [1.54, 1.807) is 6.07 Å². The summed E-state index contributed by atoms with van der Waals surface area (Å²) < 4.78 is 0. The van der Waals surface area contributed by atoms with E-state index in [1.165, 1.54) is 5.56 Å². The number of rotatable bonds is 3. The summed E-state index contributed by atoms with van der Waals surface area (Å²) in [7, 11) is 0. The number of nitrogens with two attached hydrogens (primary N) is 1. The second kappa shape index (κ2) is 4.28. The molecule has 1 unspecified atom stereocenters. The minimum Gasteiger partial charge on any atom is -0.508 e. The van der Waals surface area contributed by atoms with Crippen LogP contribution < -0.4 is 5.73 Å². The van der Waals surface area contributed by atoms with Crippen molar-refractivity contribution in [3.05, 3.63) is 29.3 Å². The van der Waals surface area contributed by atoms with Gasteiger partial charge in [0, 0.05) is 6.04 Å². The molecule has 0 saturated heterocycles. The predicted octanol–water partition coefficient (Wildman–Crippen LogP) is 1.98. The Hall–Kier alpha value is -1.02. The molecule has 0 saturated carbocycles. The second-order valence-corrected chi connectivity index (χ2v) is 3.49. The van der Waals surface area contributed by atoms with Gasteiger partial charge in [-0.2, -0.15) is 0 Å². The summed E-state index contributed by atoms with van der Waals surface area (Å²) >= 11 is 0. The number of aryl methyl sites for hydroxylation is 1. The van der Waals surface area contributed by atoms with Gasteiger partial charge in [0.1, 0.15) is 5.75 Å². The summed E-state index contributed by atoms with van der Waals surface area (Å²) in [5.74, 6) is 0.355. The molecule has 0 radical (unpaired) electrons. The molecule has 0 aromatic heterocycles. The SMILES string of the molecule is CCC(N)Cc1ccc(O)c(C)c1. The molecule has 1 aromatic rings. The monoisotopic (exact) mass is 179 g/mol. The van der Waals surface area contributed by atoms with Crippen LogP contribution in [0.15, 0.2) is 18.2 Å². The van der Waals surface area contributed by atoms with E-state index in [-0.39, 0.29) is 6.04 Å². The highest BCUT2D eigenvalue weighted by atomic mass is 16.3. The number of benzene rings is 1. The van der Waals surface area contributed by atoms with E-state index >= 15 is 0 Å². The molecule has 72 valence electrons. The molecule has 0 heterocycles. The first-order chi connectivity index (χ1) is 6.13. The smallest absolute Gasteiger partial charge is 0.118 e. The molecule has 0 aliphatic heterocycles. The topological polar surface area (TPSA) is 46.2 Å². The first-order valence-corrected chi connectivity index (χ1v) is 4.67. The van der Waals surface area contributed by atoms with Gasteiger partial charge in [0.2, 0.25) is 0 Å². The molecule has 0 aliphatic carbocycles. The maximum Gasteiger partial charge on any atom is 0.118 e. The average Bonchev–Trinajstić information content (AvgIpc) is 2.11. The van der Waals surface area contributed by atoms with Crippen molar-refractivity contribution in [3.8, 4) is 5.75 Å². The summed E-state index contributed by atoms with van der Waals surface area (Å²) in [5.41, 5.74) is 7.95. The fraction of sp³-hybridized carbons (Fsp3) is 0.455. The standard InChI is InChI=1S/C11H17NO/c1-3-10(12)7-9-4-5-11(13)8(2)6-9/h4-6,10,13H,3,7,12H2,1-2H3. The summed E-state index contributed by atoms with van der Waals surface area (Å²) in [5, 5.41) is 9.30. The van der Waals surface area contributed by atoms with Crippen molar-refractivity contribution in [1.82, 2.24) is 0 Å². The Morgan fingerprint density at radius 1 is 1.46 bits per heavy atom. The van der Waals surface area contributed by atoms with Crippen molar-refractivity contribution < 1.29 is 5.11 Å². The van der Waals surface area contributed by atoms with E-state index in [0.29, 0.717) is 5.75 Å². The third-order valence-electron chi connectivity index (χ3n) is 2.28. The Labute approximate surface area is 79.4 Å². The summed E-state index contributed by atoms with van der Waals surface area (Å²) in [6.07, 6.45) is 1.87. The van der Waals surface area contributed by atoms with E-state index in [0.717, 1.165) is 18.4 Å². The largest absolute Gasteiger partial charge is 0.508 e. The van der Waals surface area contributed by atoms with Crippen LogP contribution in [0, 0.1) is 6.92 Å². The van der Waals surface area contributed by atoms with Crippen LogP contribution in [0.1, 0.15) is 24.5 Å². The molecule has 0 aliphatic rings. The van der Waals surface area contributed by atoms with Gasteiger partial charge in [-0.05, 0) is 37.0 Å². The van der Waals surface area contributed by atoms with Crippen LogP contribution in [0.25, 0.3) is 0 Å². The molecule has 0 amide bonds. The van der Waals surface area contributed by atoms with E-state index in [4.69, 9.17) is 5.73 Å². The molecule has 1 aromatic carbocycles. The maximum atomic E-state index is 9.30. The third-order valence-corrected chi connectivity index (χ3v) is 2.28. The fourth-order valence-electron chi connectivity index (χ4n) is 1.29. The van der Waals surface area contributed by atoms with Crippen LogP contribution in [0.3, 0.4) is 0 Å². The minimum absolute atomic E-state index is 0.226. The zero-order valence-electron chi connectivity index (χ0n) is 8.25. The number of phenolic OH excluding ortho intramolecular Hbond substituents is 1. The van der Waals surface area contributed by atoms with Gasteiger partial charge >= 0.3 is 0 Å². The molecular weight excluding hydrogens is 162 g/mol. The number of hydrogen-bond donors (Lipinski definition) is 2. The molecule has 13 heavy (non-hydrogen) atoms. The van der Waals surface area contributed by atoms with Crippen molar-refractivity contribution in [2.24, 2.45) is 5.73 Å². The molecule has 2 nitrogen and oxygen atoms in total. The first kappa shape index (κ1) is 10.1. The molecule has 0 fully saturated rings. The van der Waals surface area contributed by atoms with Crippen molar-refractivity contribution in [3.63, 3.8) is 0 Å². The second-order valence-electron chi connectivity index (χ2n) is 3.49. The van der Waals surface area contributed by atoms with Gasteiger partial charge in [-0.15, -0.1) is 0 Å². The number of aromatic hydroxyl groups is 1. The zero-order chi connectivity index (χ0) is 9.84. The molecular formula is C11H17NO. The van der Waals surface area contributed by atoms with Crippen LogP contribution >= 0.6 is 0 Å². The van der Waals surface area contributed by atoms with Gasteiger partial charge in [-0.3, -0.25) is 0 Å². The summed E-state index contributed by atoms with van der Waals surface area (Å²) in [6, 6.07) is 5.87. The predicted molar refractivity (Wildman–Crippen MR) is 54.8 cm³/mol. The Morgan fingerprint density at radius 2 is 2.15 bits per heavy atom. The van der Waals surface area contributed by atoms with Crippen LogP contribution in [-0.4, -0.2) is 11.1 Å². The van der Waals surface area contributed by atoms with E-state index in [1.807, 2.05) is 19.1 Å². The van der Waals surface area contributed by atoms with Crippen LogP contribution in [0.2, 0.25) is 0 Å². The zero-order valence-corrected chi connectivity index (χ0v) is 8.25. The van der Waals surface area contributed by atoms with Crippen molar-refractivity contribution in [1.29, 1.82) is 0 Å². The van der Waals surface area contributed by atoms with E-state index < -0.39 is 0 Å². The number of phenols is 1. The highest BCUT2D eigenvalue weighted by Gasteiger charge is 2.02. The molecule has 2 heteroatoms. The van der Waals surface area contributed by atoms with Gasteiger partial charge in [0.25, 0.3) is 0 Å². The Kier molecular flexibility index (Phi) is 3.32. The van der Waals surface area contributed by atoms with Gasteiger partial charge in [-0.1, -0.05) is 19.1 Å². The molecule has 0 spiro atoms. The van der Waals surface area contributed by atoms with Crippen LogP contribution in [0.4, 0.5) is 0 Å². The molecule has 1 rings (SSSR count). The summed E-state index contributed by atoms with van der Waals surface area (Å²) in [4.78, 5) is 0. The highest BCUT2D eigenvalue weighted by Crippen LogP contribution is 2.17. The van der Waals surface area contributed by atoms with Crippen LogP contribution in [0.5, 0.6) is 5.75 Å². The summed E-state index contributed by atoms with van der Waals surface area (Å²) in [6.45, 7) is 3.98. The normalized spacial score (nSPS) is 12.8. The van der Waals surface area contributed by atoms with Gasteiger partial charge in [-0.25, -0.2) is 0 Å². The van der Waals surface area contributed by atoms with Crippen molar-refractivity contribution >= 4 is 0 Å². The van der Waals surface area contributed by atoms with Crippen molar-refractivity contribution in [2.45, 2.75) is 32.7 Å². The quantitative estimate of drug-likeness (QED) is 0.745. The Balaban J connectivity index is 2.73. The first-order valence-electron chi connectivity index (χ1n) is 4.67. The molecule has 1 atom stereocenters. The highest BCUT2D eigenvalue weighted by molar-refractivity contribution is 5.35. The molecule has 0 bridgehead atoms. The third kappa shape index (κ3) is 2.74. The van der Waals surface area contributed by atoms with Gasteiger partial charge < -0.3 is 10.8 Å². The minimum atomic E-state index is 0.226. The molecule has 3 N–H and O–H groups in total. The lowest BCUT2D eigenvalue weighted by atomic mass is 10.0. The lowest BCUT2D eigenvalue weighted by Gasteiger charge is -2.09. The maximum absolute atomic E-state index is 9.30.